The van der Waals surface area contributed by atoms with Gasteiger partial charge in [0.2, 0.25) is 0 Å². The largest absolute Gasteiger partial charge is 0.507 e. The van der Waals surface area contributed by atoms with E-state index in [2.05, 4.69) is 4.98 Å². The van der Waals surface area contributed by atoms with Crippen molar-refractivity contribution >= 4 is 29.1 Å². The van der Waals surface area contributed by atoms with Crippen molar-refractivity contribution in [3.05, 3.63) is 88.6 Å². The molecule has 0 bridgehead atoms. The first-order valence-corrected chi connectivity index (χ1v) is 9.43. The number of rotatable bonds is 5. The van der Waals surface area contributed by atoms with Crippen molar-refractivity contribution in [2.45, 2.75) is 12.6 Å². The van der Waals surface area contributed by atoms with Gasteiger partial charge in [0, 0.05) is 24.0 Å². The lowest BCUT2D eigenvalue weighted by molar-refractivity contribution is -0.140. The summed E-state index contributed by atoms with van der Waals surface area (Å²) < 4.78 is 10.8. The van der Waals surface area contributed by atoms with Crippen LogP contribution in [0, 0.1) is 0 Å². The van der Waals surface area contributed by atoms with Crippen molar-refractivity contribution in [2.24, 2.45) is 0 Å². The van der Waals surface area contributed by atoms with Crippen LogP contribution in [0.15, 0.2) is 71.1 Å². The number of aliphatic hydroxyl groups excluding tert-OH is 1. The van der Waals surface area contributed by atoms with E-state index in [1.54, 1.807) is 48.8 Å². The molecule has 0 spiro atoms. The summed E-state index contributed by atoms with van der Waals surface area (Å²) in [5.74, 6) is -1.29. The molecule has 1 amide bonds. The van der Waals surface area contributed by atoms with E-state index in [0.717, 1.165) is 5.56 Å². The van der Waals surface area contributed by atoms with Gasteiger partial charge in [-0.2, -0.15) is 0 Å². The first kappa shape index (κ1) is 19.7. The zero-order valence-electron chi connectivity index (χ0n) is 15.9. The number of carbonyl (C=O) groups excluding carboxylic acids is 2. The number of amides is 1. The van der Waals surface area contributed by atoms with Crippen LogP contribution in [0.4, 0.5) is 0 Å². The van der Waals surface area contributed by atoms with Crippen molar-refractivity contribution < 1.29 is 23.8 Å². The van der Waals surface area contributed by atoms with Crippen LogP contribution in [-0.4, -0.2) is 33.8 Å². The molecule has 0 saturated carbocycles. The third kappa shape index (κ3) is 3.44. The molecule has 1 fully saturated rings. The average molecular weight is 425 g/mol. The minimum Gasteiger partial charge on any atom is -0.507 e. The molecule has 152 valence electrons. The highest BCUT2D eigenvalue weighted by atomic mass is 35.5. The molecule has 4 rings (SSSR count). The predicted octanol–water partition coefficient (Wildman–Crippen LogP) is 3.96. The maximum absolute atomic E-state index is 13.0. The number of aromatic nitrogens is 1. The van der Waals surface area contributed by atoms with Gasteiger partial charge in [-0.25, -0.2) is 0 Å². The Balaban J connectivity index is 1.88. The SMILES string of the molecule is COc1ccc(Cl)cc1C(O)=C1C(=O)C(=O)N(Cc2cccnc2)[C@@H]1c1ccco1. The number of ether oxygens (including phenoxy) is 1. The van der Waals surface area contributed by atoms with Gasteiger partial charge in [-0.1, -0.05) is 17.7 Å². The Hall–Kier alpha value is -3.58. The van der Waals surface area contributed by atoms with Gasteiger partial charge in [0.1, 0.15) is 23.3 Å². The molecule has 7 nitrogen and oxygen atoms in total. The molecular weight excluding hydrogens is 408 g/mol. The van der Waals surface area contributed by atoms with E-state index < -0.39 is 17.7 Å². The van der Waals surface area contributed by atoms with Crippen LogP contribution in [0.5, 0.6) is 5.75 Å². The van der Waals surface area contributed by atoms with Crippen LogP contribution in [0.25, 0.3) is 5.76 Å². The summed E-state index contributed by atoms with van der Waals surface area (Å²) in [6, 6.07) is 10.6. The summed E-state index contributed by atoms with van der Waals surface area (Å²) in [5, 5.41) is 11.4. The standard InChI is InChI=1S/C22H17ClN2O5/c1-29-16-7-6-14(23)10-15(16)20(26)18-19(17-5-3-9-30-17)25(22(28)21(18)27)12-13-4-2-8-24-11-13/h2-11,19,26H,12H2,1H3/t19-/m1/s1. The Morgan fingerprint density at radius 1 is 1.27 bits per heavy atom. The molecule has 30 heavy (non-hydrogen) atoms. The highest BCUT2D eigenvalue weighted by Gasteiger charge is 2.47. The summed E-state index contributed by atoms with van der Waals surface area (Å²) in [6.45, 7) is 0.118. The highest BCUT2D eigenvalue weighted by molar-refractivity contribution is 6.46. The highest BCUT2D eigenvalue weighted by Crippen LogP contribution is 2.42. The number of carbonyl (C=O) groups is 2. The van der Waals surface area contributed by atoms with Crippen molar-refractivity contribution in [1.29, 1.82) is 0 Å². The number of hydrogen-bond donors (Lipinski definition) is 1. The molecule has 1 aromatic carbocycles. The predicted molar refractivity (Wildman–Crippen MR) is 109 cm³/mol. The van der Waals surface area contributed by atoms with Gasteiger partial charge in [-0.05, 0) is 42.0 Å². The van der Waals surface area contributed by atoms with Gasteiger partial charge in [0.15, 0.2) is 0 Å². The van der Waals surface area contributed by atoms with Crippen LogP contribution in [0.3, 0.4) is 0 Å². The number of hydrogen-bond acceptors (Lipinski definition) is 6. The maximum Gasteiger partial charge on any atom is 0.296 e. The number of methoxy groups -OCH3 is 1. The Morgan fingerprint density at radius 2 is 2.10 bits per heavy atom. The minimum atomic E-state index is -0.913. The molecule has 1 aliphatic rings. The summed E-state index contributed by atoms with van der Waals surface area (Å²) in [7, 11) is 1.44. The fraction of sp³-hybridized carbons (Fsp3) is 0.136. The molecule has 2 aromatic heterocycles. The zero-order valence-corrected chi connectivity index (χ0v) is 16.7. The third-order valence-corrected chi connectivity index (χ3v) is 5.08. The number of nitrogens with zero attached hydrogens (tertiary/aromatic N) is 2. The Morgan fingerprint density at radius 3 is 2.77 bits per heavy atom. The topological polar surface area (TPSA) is 92.9 Å². The Labute approximate surface area is 177 Å². The van der Waals surface area contributed by atoms with Gasteiger partial charge in [0.25, 0.3) is 11.7 Å². The fourth-order valence-electron chi connectivity index (χ4n) is 3.48. The van der Waals surface area contributed by atoms with E-state index in [-0.39, 0.29) is 23.4 Å². The summed E-state index contributed by atoms with van der Waals surface area (Å²) in [5.41, 5.74) is 0.844. The summed E-state index contributed by atoms with van der Waals surface area (Å²) in [6.07, 6.45) is 4.67. The number of furan rings is 1. The van der Waals surface area contributed by atoms with Crippen LogP contribution >= 0.6 is 11.6 Å². The van der Waals surface area contributed by atoms with Gasteiger partial charge in [-0.15, -0.1) is 0 Å². The van der Waals surface area contributed by atoms with Crippen LogP contribution in [0.2, 0.25) is 5.02 Å². The normalized spacial score (nSPS) is 18.1. The first-order valence-electron chi connectivity index (χ1n) is 9.06. The average Bonchev–Trinajstić information content (AvgIpc) is 3.37. The lowest BCUT2D eigenvalue weighted by Gasteiger charge is -2.23. The molecule has 1 aliphatic heterocycles. The minimum absolute atomic E-state index is 0.0978. The molecule has 1 saturated heterocycles. The number of ketones is 1. The summed E-state index contributed by atoms with van der Waals surface area (Å²) >= 11 is 6.08. The van der Waals surface area contributed by atoms with Gasteiger partial charge in [-0.3, -0.25) is 14.6 Å². The molecule has 1 N–H and O–H groups in total. The molecule has 0 radical (unpaired) electrons. The third-order valence-electron chi connectivity index (χ3n) is 4.84. The zero-order chi connectivity index (χ0) is 21.3. The van der Waals surface area contributed by atoms with Crippen LogP contribution < -0.4 is 4.74 Å². The summed E-state index contributed by atoms with van der Waals surface area (Å²) in [4.78, 5) is 31.3. The van der Waals surface area contributed by atoms with Crippen LogP contribution in [0.1, 0.15) is 22.9 Å². The van der Waals surface area contributed by atoms with Crippen LogP contribution in [-0.2, 0) is 16.1 Å². The quantitative estimate of drug-likeness (QED) is 0.378. The van der Waals surface area contributed by atoms with E-state index >= 15 is 0 Å². The number of halogens is 1. The number of aliphatic hydroxyl groups is 1. The second kappa shape index (κ2) is 8.04. The molecule has 1 atom stereocenters. The fourth-order valence-corrected chi connectivity index (χ4v) is 3.66. The van der Waals surface area contributed by atoms with Crippen molar-refractivity contribution in [2.75, 3.05) is 7.11 Å². The lowest BCUT2D eigenvalue weighted by atomic mass is 9.98. The maximum atomic E-state index is 13.0. The van der Waals surface area contributed by atoms with E-state index in [4.69, 9.17) is 20.8 Å². The molecule has 3 aromatic rings. The van der Waals surface area contributed by atoms with E-state index in [1.807, 2.05) is 0 Å². The van der Waals surface area contributed by atoms with Crippen molar-refractivity contribution in [3.8, 4) is 5.75 Å². The van der Waals surface area contributed by atoms with Gasteiger partial charge < -0.3 is 19.2 Å². The molecular formula is C22H17ClN2O5. The number of pyridine rings is 1. The smallest absolute Gasteiger partial charge is 0.296 e. The Bertz CT molecular complexity index is 1130. The second-order valence-electron chi connectivity index (χ2n) is 6.65. The number of likely N-dealkylation sites (tertiary alicyclic amines) is 1. The van der Waals surface area contributed by atoms with Gasteiger partial charge in [0.05, 0.1) is 24.5 Å². The van der Waals surface area contributed by atoms with Gasteiger partial charge >= 0.3 is 0 Å². The molecule has 8 heteroatoms. The first-order chi connectivity index (χ1) is 14.5. The van der Waals surface area contributed by atoms with Crippen molar-refractivity contribution in [3.63, 3.8) is 0 Å². The second-order valence-corrected chi connectivity index (χ2v) is 7.08. The van der Waals surface area contributed by atoms with Crippen molar-refractivity contribution in [1.82, 2.24) is 9.88 Å². The lowest BCUT2D eigenvalue weighted by Crippen LogP contribution is -2.29. The van der Waals surface area contributed by atoms with E-state index in [9.17, 15) is 14.7 Å². The molecule has 0 aliphatic carbocycles. The molecule has 0 unspecified atom stereocenters. The Kier molecular flexibility index (Phi) is 5.29. The van der Waals surface area contributed by atoms with E-state index in [0.29, 0.717) is 16.5 Å². The molecule has 3 heterocycles. The number of Topliss-reactive ketones (excluding diaryl/α,β-unsaturated/α-hetero) is 1. The number of benzene rings is 1. The van der Waals surface area contributed by atoms with E-state index in [1.165, 1.54) is 24.3 Å². The monoisotopic (exact) mass is 424 g/mol.